The zero-order valence-electron chi connectivity index (χ0n) is 14.5. The topological polar surface area (TPSA) is 105 Å². The lowest BCUT2D eigenvalue weighted by Gasteiger charge is -2.28. The summed E-state index contributed by atoms with van der Waals surface area (Å²) >= 11 is 1.45. The van der Waals surface area contributed by atoms with E-state index in [4.69, 9.17) is 4.74 Å². The Morgan fingerprint density at radius 2 is 1.88 bits per heavy atom. The minimum Gasteiger partial charge on any atom is -0.480 e. The van der Waals surface area contributed by atoms with E-state index in [0.29, 0.717) is 0 Å². The Balaban J connectivity index is 2.71. The molecule has 0 aliphatic carbocycles. The predicted octanol–water partition coefficient (Wildman–Crippen LogP) is 2.16. The van der Waals surface area contributed by atoms with Gasteiger partial charge in [-0.05, 0) is 57.0 Å². The Morgan fingerprint density at radius 1 is 1.25 bits per heavy atom. The minimum absolute atomic E-state index is 0.174. The normalized spacial score (nSPS) is 13.0. The first-order valence-corrected chi connectivity index (χ1v) is 8.41. The number of alkyl carbamates (subject to hydrolysis) is 1. The number of carboxylic acids is 1. The Morgan fingerprint density at radius 3 is 2.33 bits per heavy atom. The van der Waals surface area contributed by atoms with Crippen LogP contribution in [0.25, 0.3) is 0 Å². The summed E-state index contributed by atoms with van der Waals surface area (Å²) < 4.78 is 5.12. The van der Waals surface area contributed by atoms with Crippen molar-refractivity contribution in [3.63, 3.8) is 0 Å². The molecule has 134 valence electrons. The number of carbonyl (C=O) groups excluding carboxylic acids is 2. The molecule has 1 aromatic heterocycles. The summed E-state index contributed by atoms with van der Waals surface area (Å²) in [7, 11) is 0. The second kappa shape index (κ2) is 7.65. The molecule has 0 spiro atoms. The summed E-state index contributed by atoms with van der Waals surface area (Å²) in [5.41, 5.74) is -1.19. The lowest BCUT2D eigenvalue weighted by atomic mass is 10.0. The van der Waals surface area contributed by atoms with Crippen LogP contribution >= 0.6 is 11.3 Å². The zero-order chi connectivity index (χ0) is 18.5. The van der Waals surface area contributed by atoms with E-state index < -0.39 is 35.2 Å². The van der Waals surface area contributed by atoms with E-state index in [-0.39, 0.29) is 6.42 Å². The monoisotopic (exact) mass is 356 g/mol. The average Bonchev–Trinajstić information content (AvgIpc) is 2.87. The molecule has 1 aromatic rings. The molecule has 2 amide bonds. The van der Waals surface area contributed by atoms with E-state index in [1.807, 2.05) is 10.8 Å². The summed E-state index contributed by atoms with van der Waals surface area (Å²) in [5, 5.41) is 17.9. The Labute approximate surface area is 145 Å². The second-order valence-electron chi connectivity index (χ2n) is 6.95. The molecular formula is C16H24N2O5S. The highest BCUT2D eigenvalue weighted by atomic mass is 32.1. The summed E-state index contributed by atoms with van der Waals surface area (Å²) in [6, 6.07) is 0.725. The molecule has 3 N–H and O–H groups in total. The molecule has 0 fully saturated rings. The van der Waals surface area contributed by atoms with Crippen LogP contribution in [-0.2, 0) is 20.7 Å². The fourth-order valence-electron chi connectivity index (χ4n) is 1.80. The Hall–Kier alpha value is -2.09. The number of carboxylic acid groups (broad SMARTS) is 1. The van der Waals surface area contributed by atoms with E-state index in [9.17, 15) is 19.5 Å². The predicted molar refractivity (Wildman–Crippen MR) is 91.0 cm³/mol. The van der Waals surface area contributed by atoms with Crippen LogP contribution in [0.3, 0.4) is 0 Å². The highest BCUT2D eigenvalue weighted by molar-refractivity contribution is 7.07. The van der Waals surface area contributed by atoms with Crippen molar-refractivity contribution in [1.82, 2.24) is 10.6 Å². The van der Waals surface area contributed by atoms with Crippen LogP contribution in [0.2, 0.25) is 0 Å². The molecule has 0 aliphatic rings. The molecule has 0 radical (unpaired) electrons. The van der Waals surface area contributed by atoms with Gasteiger partial charge in [0.1, 0.15) is 17.2 Å². The van der Waals surface area contributed by atoms with Crippen molar-refractivity contribution < 1.29 is 24.2 Å². The van der Waals surface area contributed by atoms with Crippen molar-refractivity contribution in [1.29, 1.82) is 0 Å². The summed E-state index contributed by atoms with van der Waals surface area (Å²) in [6.45, 7) is 8.09. The first-order valence-electron chi connectivity index (χ1n) is 7.47. The molecule has 7 nitrogen and oxygen atoms in total. The van der Waals surface area contributed by atoms with Gasteiger partial charge >= 0.3 is 12.1 Å². The van der Waals surface area contributed by atoms with Crippen LogP contribution in [0.5, 0.6) is 0 Å². The highest BCUT2D eigenvalue weighted by Gasteiger charge is 2.34. The lowest BCUT2D eigenvalue weighted by molar-refractivity contribution is -0.142. The van der Waals surface area contributed by atoms with E-state index in [2.05, 4.69) is 10.6 Å². The molecule has 0 bridgehead atoms. The van der Waals surface area contributed by atoms with Gasteiger partial charge < -0.3 is 20.5 Å². The van der Waals surface area contributed by atoms with Crippen LogP contribution < -0.4 is 10.6 Å². The van der Waals surface area contributed by atoms with E-state index in [1.54, 1.807) is 26.8 Å². The largest absolute Gasteiger partial charge is 0.480 e. The standard InChI is InChI=1S/C16H24N2O5S/c1-15(2,3)23-14(22)18-16(4,5)13(21)17-11(12(19)20)8-10-6-7-24-9-10/h6-7,9,11H,8H2,1-5H3,(H,17,21)(H,18,22)(H,19,20). The smallest absolute Gasteiger partial charge is 0.408 e. The van der Waals surface area contributed by atoms with Gasteiger partial charge in [-0.3, -0.25) is 4.79 Å². The number of carbonyl (C=O) groups is 3. The van der Waals surface area contributed by atoms with Crippen molar-refractivity contribution in [2.75, 3.05) is 0 Å². The molecule has 0 saturated heterocycles. The maximum absolute atomic E-state index is 12.4. The molecule has 1 rings (SSSR count). The number of nitrogens with one attached hydrogen (secondary N) is 2. The number of amides is 2. The van der Waals surface area contributed by atoms with Crippen LogP contribution in [0, 0.1) is 0 Å². The fraction of sp³-hybridized carbons (Fsp3) is 0.562. The summed E-state index contributed by atoms with van der Waals surface area (Å²) in [4.78, 5) is 35.6. The third-order valence-corrected chi connectivity index (χ3v) is 3.74. The first kappa shape index (κ1) is 20.0. The SMILES string of the molecule is CC(C)(C)OC(=O)NC(C)(C)C(=O)NC(Cc1ccsc1)C(=O)O. The van der Waals surface area contributed by atoms with Gasteiger partial charge in [-0.2, -0.15) is 11.3 Å². The second-order valence-corrected chi connectivity index (χ2v) is 7.73. The minimum atomic E-state index is -1.31. The van der Waals surface area contributed by atoms with E-state index in [1.165, 1.54) is 25.2 Å². The highest BCUT2D eigenvalue weighted by Crippen LogP contribution is 2.12. The van der Waals surface area contributed by atoms with Gasteiger partial charge in [0.05, 0.1) is 0 Å². The number of hydrogen-bond donors (Lipinski definition) is 3. The molecule has 24 heavy (non-hydrogen) atoms. The number of ether oxygens (including phenoxy) is 1. The van der Waals surface area contributed by atoms with Gasteiger partial charge in [0, 0.05) is 6.42 Å². The van der Waals surface area contributed by atoms with E-state index >= 15 is 0 Å². The van der Waals surface area contributed by atoms with Crippen molar-refractivity contribution >= 4 is 29.3 Å². The van der Waals surface area contributed by atoms with Crippen LogP contribution in [0.1, 0.15) is 40.2 Å². The summed E-state index contributed by atoms with van der Waals surface area (Å²) in [6.07, 6.45) is -0.569. The fourth-order valence-corrected chi connectivity index (χ4v) is 2.48. The van der Waals surface area contributed by atoms with Crippen molar-refractivity contribution in [2.45, 2.75) is 58.2 Å². The van der Waals surface area contributed by atoms with Crippen molar-refractivity contribution in [3.05, 3.63) is 22.4 Å². The summed E-state index contributed by atoms with van der Waals surface area (Å²) in [5.74, 6) is -1.74. The Bertz CT molecular complexity index is 590. The molecule has 0 aliphatic heterocycles. The van der Waals surface area contributed by atoms with Crippen LogP contribution in [0.15, 0.2) is 16.8 Å². The van der Waals surface area contributed by atoms with Gasteiger partial charge in [0.2, 0.25) is 5.91 Å². The molecule has 8 heteroatoms. The quantitative estimate of drug-likeness (QED) is 0.724. The molecular weight excluding hydrogens is 332 g/mol. The first-order chi connectivity index (χ1) is 10.9. The van der Waals surface area contributed by atoms with E-state index in [0.717, 1.165) is 5.56 Å². The number of hydrogen-bond acceptors (Lipinski definition) is 5. The van der Waals surface area contributed by atoms with Gasteiger partial charge in [0.25, 0.3) is 0 Å². The molecule has 0 saturated carbocycles. The number of thiophene rings is 1. The maximum Gasteiger partial charge on any atom is 0.408 e. The average molecular weight is 356 g/mol. The lowest BCUT2D eigenvalue weighted by Crippen LogP contribution is -2.58. The molecule has 0 aromatic carbocycles. The molecule has 1 atom stereocenters. The van der Waals surface area contributed by atoms with Crippen molar-refractivity contribution in [3.8, 4) is 0 Å². The number of aliphatic carboxylic acids is 1. The molecule has 1 heterocycles. The van der Waals surface area contributed by atoms with Crippen LogP contribution in [-0.4, -0.2) is 40.3 Å². The number of rotatable bonds is 6. The third-order valence-electron chi connectivity index (χ3n) is 3.00. The van der Waals surface area contributed by atoms with Gasteiger partial charge in [-0.25, -0.2) is 9.59 Å². The van der Waals surface area contributed by atoms with Gasteiger partial charge in [-0.15, -0.1) is 0 Å². The molecule has 1 unspecified atom stereocenters. The van der Waals surface area contributed by atoms with Gasteiger partial charge in [-0.1, -0.05) is 0 Å². The Kier molecular flexibility index (Phi) is 6.36. The zero-order valence-corrected chi connectivity index (χ0v) is 15.3. The third kappa shape index (κ3) is 6.57. The maximum atomic E-state index is 12.4. The van der Waals surface area contributed by atoms with Crippen molar-refractivity contribution in [2.24, 2.45) is 0 Å². The van der Waals surface area contributed by atoms with Gasteiger partial charge in [0.15, 0.2) is 0 Å². The van der Waals surface area contributed by atoms with Crippen LogP contribution in [0.4, 0.5) is 4.79 Å².